The average Bonchev–Trinajstić information content (AvgIpc) is 3.19. The Morgan fingerprint density at radius 1 is 1.14 bits per heavy atom. The summed E-state index contributed by atoms with van der Waals surface area (Å²) in [5.74, 6) is -0.180. The van der Waals surface area contributed by atoms with Crippen molar-refractivity contribution >= 4 is 34.0 Å². The number of para-hydroxylation sites is 1. The highest BCUT2D eigenvalue weighted by atomic mass is 32.1. The average molecular weight is 498 g/mol. The van der Waals surface area contributed by atoms with E-state index in [1.165, 1.54) is 11.3 Å². The van der Waals surface area contributed by atoms with Gasteiger partial charge in [-0.05, 0) is 55.6 Å². The lowest BCUT2D eigenvalue weighted by molar-refractivity contribution is -0.143. The molecule has 0 unspecified atom stereocenters. The molecule has 5 atom stereocenters. The molecule has 0 bridgehead atoms. The molecule has 1 aromatic heterocycles. The summed E-state index contributed by atoms with van der Waals surface area (Å²) in [5.41, 5.74) is 0.651. The minimum atomic E-state index is -0.668. The minimum absolute atomic E-state index is 0.0126. The van der Waals surface area contributed by atoms with Crippen molar-refractivity contribution in [1.29, 1.82) is 0 Å². The molecule has 7 nitrogen and oxygen atoms in total. The van der Waals surface area contributed by atoms with Gasteiger partial charge in [0, 0.05) is 34.2 Å². The monoisotopic (exact) mass is 497 g/mol. The number of hydrogen-bond acceptors (Lipinski definition) is 6. The van der Waals surface area contributed by atoms with E-state index in [4.69, 9.17) is 4.98 Å². The van der Waals surface area contributed by atoms with Gasteiger partial charge in [0.1, 0.15) is 0 Å². The van der Waals surface area contributed by atoms with Crippen LogP contribution in [0.1, 0.15) is 68.9 Å². The van der Waals surface area contributed by atoms with Crippen LogP contribution < -0.4 is 10.6 Å². The maximum absolute atomic E-state index is 13.2. The van der Waals surface area contributed by atoms with Gasteiger partial charge >= 0.3 is 0 Å². The third-order valence-electron chi connectivity index (χ3n) is 9.05. The van der Waals surface area contributed by atoms with Crippen molar-refractivity contribution < 1.29 is 19.8 Å². The number of amides is 2. The van der Waals surface area contributed by atoms with Crippen molar-refractivity contribution in [3.05, 3.63) is 40.9 Å². The van der Waals surface area contributed by atoms with Gasteiger partial charge in [0.15, 0.2) is 5.13 Å². The zero-order chi connectivity index (χ0) is 24.8. The van der Waals surface area contributed by atoms with E-state index in [2.05, 4.69) is 17.6 Å². The number of benzene rings is 1. The smallest absolute Gasteiger partial charge is 0.229 e. The van der Waals surface area contributed by atoms with Crippen LogP contribution in [0.15, 0.2) is 30.3 Å². The number of hydrogen-bond donors (Lipinski definition) is 4. The van der Waals surface area contributed by atoms with E-state index in [-0.39, 0.29) is 48.0 Å². The van der Waals surface area contributed by atoms with Gasteiger partial charge in [-0.1, -0.05) is 38.5 Å². The Hall–Kier alpha value is -2.29. The van der Waals surface area contributed by atoms with Gasteiger partial charge in [0.2, 0.25) is 11.8 Å². The lowest BCUT2D eigenvalue weighted by Crippen LogP contribution is -2.57. The first-order chi connectivity index (χ1) is 16.7. The normalized spacial score (nSPS) is 32.2. The molecule has 2 fully saturated rings. The van der Waals surface area contributed by atoms with Gasteiger partial charge in [0.25, 0.3) is 0 Å². The van der Waals surface area contributed by atoms with Crippen LogP contribution in [0.4, 0.5) is 10.8 Å². The van der Waals surface area contributed by atoms with Gasteiger partial charge in [0.05, 0.1) is 18.4 Å². The number of aliphatic hydroxyl groups excluding tert-OH is 2. The highest BCUT2D eigenvalue weighted by Crippen LogP contribution is 2.62. The van der Waals surface area contributed by atoms with Crippen LogP contribution >= 0.6 is 11.3 Å². The Kier molecular flexibility index (Phi) is 6.48. The fourth-order valence-corrected chi connectivity index (χ4v) is 7.57. The standard InChI is InChI=1S/C27H35N3O4S/c1-26-12-11-21(32)27(2,15-31)20(26)14-19-23(29-25(35-19)30-24(34)16-7-6-8-16)18(26)13-22(33)28-17-9-4-3-5-10-17/h3-5,9-10,16,18,20-21,31-32H,6-8,11-15H2,1-2H3,(H,28,33)(H,29,30,34)/t18-,20+,21-,26+,27+/m1/s1. The Morgan fingerprint density at radius 2 is 1.89 bits per heavy atom. The SMILES string of the molecule is C[C@]1(CO)[C@H]2Cc3sc(NC(=O)C4CCC4)nc3[C@@H](CC(=O)Nc3ccccc3)[C@]2(C)CC[C@H]1O. The maximum atomic E-state index is 13.2. The quantitative estimate of drug-likeness (QED) is 0.475. The van der Waals surface area contributed by atoms with E-state index in [9.17, 15) is 19.8 Å². The van der Waals surface area contributed by atoms with Crippen molar-refractivity contribution in [3.63, 3.8) is 0 Å². The first-order valence-corrected chi connectivity index (χ1v) is 13.5. The number of carbonyl (C=O) groups is 2. The van der Waals surface area contributed by atoms with Gasteiger partial charge in [-0.2, -0.15) is 0 Å². The summed E-state index contributed by atoms with van der Waals surface area (Å²) in [5, 5.41) is 27.9. The first-order valence-electron chi connectivity index (χ1n) is 12.7. The molecule has 1 aromatic carbocycles. The van der Waals surface area contributed by atoms with Gasteiger partial charge in [-0.15, -0.1) is 11.3 Å². The van der Waals surface area contributed by atoms with Gasteiger partial charge in [-0.3, -0.25) is 9.59 Å². The van der Waals surface area contributed by atoms with Crippen molar-refractivity contribution in [2.24, 2.45) is 22.7 Å². The van der Waals surface area contributed by atoms with Crippen molar-refractivity contribution in [1.82, 2.24) is 4.98 Å². The third-order valence-corrected chi connectivity index (χ3v) is 10.1. The second-order valence-electron chi connectivity index (χ2n) is 11.1. The molecule has 0 radical (unpaired) electrons. The summed E-state index contributed by atoms with van der Waals surface area (Å²) in [6.07, 6.45) is 4.59. The molecule has 5 rings (SSSR count). The molecule has 188 valence electrons. The van der Waals surface area contributed by atoms with E-state index in [1.54, 1.807) is 0 Å². The molecule has 3 aliphatic carbocycles. The van der Waals surface area contributed by atoms with Crippen LogP contribution in [0.3, 0.4) is 0 Å². The second kappa shape index (κ2) is 9.30. The lowest BCUT2D eigenvalue weighted by atomic mass is 9.47. The Morgan fingerprint density at radius 3 is 2.54 bits per heavy atom. The van der Waals surface area contributed by atoms with Crippen LogP contribution in [0.5, 0.6) is 0 Å². The van der Waals surface area contributed by atoms with Crippen LogP contribution in [-0.4, -0.2) is 39.7 Å². The number of rotatable bonds is 6. The number of anilines is 2. The largest absolute Gasteiger partial charge is 0.396 e. The van der Waals surface area contributed by atoms with E-state index in [0.717, 1.165) is 41.9 Å². The second-order valence-corrected chi connectivity index (χ2v) is 12.2. The zero-order valence-electron chi connectivity index (χ0n) is 20.4. The number of nitrogens with zero attached hydrogens (tertiary/aromatic N) is 1. The van der Waals surface area contributed by atoms with Crippen LogP contribution in [0, 0.1) is 22.7 Å². The van der Waals surface area contributed by atoms with Crippen molar-refractivity contribution in [2.75, 3.05) is 17.2 Å². The number of fused-ring (bicyclic) bond motifs is 2. The summed E-state index contributed by atoms with van der Waals surface area (Å²) in [7, 11) is 0. The molecule has 0 spiro atoms. The number of nitrogens with one attached hydrogen (secondary N) is 2. The van der Waals surface area contributed by atoms with Crippen LogP contribution in [0.2, 0.25) is 0 Å². The number of carbonyl (C=O) groups excluding carboxylic acids is 2. The van der Waals surface area contributed by atoms with Crippen LogP contribution in [-0.2, 0) is 16.0 Å². The summed E-state index contributed by atoms with van der Waals surface area (Å²) < 4.78 is 0. The molecule has 0 saturated heterocycles. The van der Waals surface area contributed by atoms with Crippen molar-refractivity contribution in [2.45, 2.75) is 70.8 Å². The molecule has 0 aliphatic heterocycles. The number of aromatic nitrogens is 1. The van der Waals surface area contributed by atoms with Crippen molar-refractivity contribution in [3.8, 4) is 0 Å². The Balaban J connectivity index is 1.48. The first kappa shape index (κ1) is 24.4. The predicted molar refractivity (Wildman–Crippen MR) is 136 cm³/mol. The number of thiazole rings is 1. The zero-order valence-corrected chi connectivity index (χ0v) is 21.2. The predicted octanol–water partition coefficient (Wildman–Crippen LogP) is 4.33. The molecule has 4 N–H and O–H groups in total. The van der Waals surface area contributed by atoms with E-state index in [1.807, 2.05) is 37.3 Å². The molecule has 3 aliphatic rings. The van der Waals surface area contributed by atoms with Gasteiger partial charge in [-0.25, -0.2) is 4.98 Å². The Labute approximate surface area is 210 Å². The highest BCUT2D eigenvalue weighted by molar-refractivity contribution is 7.15. The molecular weight excluding hydrogens is 462 g/mol. The highest BCUT2D eigenvalue weighted by Gasteiger charge is 2.59. The number of aliphatic hydroxyl groups is 2. The van der Waals surface area contributed by atoms with Crippen LogP contribution in [0.25, 0.3) is 0 Å². The molecule has 2 saturated carbocycles. The van der Waals surface area contributed by atoms with E-state index >= 15 is 0 Å². The lowest BCUT2D eigenvalue weighted by Gasteiger charge is -2.58. The summed E-state index contributed by atoms with van der Waals surface area (Å²) in [4.78, 5) is 31.7. The summed E-state index contributed by atoms with van der Waals surface area (Å²) in [6.45, 7) is 4.04. The summed E-state index contributed by atoms with van der Waals surface area (Å²) >= 11 is 1.48. The fraction of sp³-hybridized carbons (Fsp3) is 0.593. The molecule has 2 amide bonds. The maximum Gasteiger partial charge on any atom is 0.229 e. The van der Waals surface area contributed by atoms with E-state index in [0.29, 0.717) is 18.0 Å². The molecule has 8 heteroatoms. The van der Waals surface area contributed by atoms with E-state index < -0.39 is 11.5 Å². The minimum Gasteiger partial charge on any atom is -0.396 e. The third kappa shape index (κ3) is 4.30. The molecule has 35 heavy (non-hydrogen) atoms. The molecular formula is C27H35N3O4S. The Bertz CT molecular complexity index is 1100. The molecule has 1 heterocycles. The fourth-order valence-electron chi connectivity index (χ4n) is 6.50. The summed E-state index contributed by atoms with van der Waals surface area (Å²) in [6, 6.07) is 9.42. The topological polar surface area (TPSA) is 112 Å². The molecule has 2 aromatic rings. The van der Waals surface area contributed by atoms with Gasteiger partial charge < -0.3 is 20.8 Å².